The molecule has 1 N–H and O–H groups in total. The van der Waals surface area contributed by atoms with Gasteiger partial charge in [-0.05, 0) is 19.3 Å². The minimum Gasteiger partial charge on any atom is -0.396 e. The van der Waals surface area contributed by atoms with Gasteiger partial charge in [0.2, 0.25) is 0 Å². The fourth-order valence-electron chi connectivity index (χ4n) is 1.90. The van der Waals surface area contributed by atoms with Crippen LogP contribution in [0.4, 0.5) is 0 Å². The van der Waals surface area contributed by atoms with E-state index in [0.717, 1.165) is 25.1 Å². The van der Waals surface area contributed by atoms with E-state index in [9.17, 15) is 0 Å². The first kappa shape index (κ1) is 11.0. The zero-order chi connectivity index (χ0) is 11.4. The largest absolute Gasteiger partial charge is 0.396 e. The molecular weight excluding hydrogens is 208 g/mol. The lowest BCUT2D eigenvalue weighted by atomic mass is 10.1. The number of ether oxygens (including phenoxy) is 1. The first-order valence-corrected chi connectivity index (χ1v) is 5.42. The third-order valence-corrected chi connectivity index (χ3v) is 2.64. The predicted octanol–water partition coefficient (Wildman–Crippen LogP) is 0.384. The summed E-state index contributed by atoms with van der Waals surface area (Å²) in [4.78, 5) is 0. The highest BCUT2D eigenvalue weighted by atomic mass is 16.5. The second kappa shape index (κ2) is 5.05. The Morgan fingerprint density at radius 1 is 1.62 bits per heavy atom. The van der Waals surface area contributed by atoms with Crippen LogP contribution in [0.1, 0.15) is 36.8 Å². The Bertz CT molecular complexity index is 390. The monoisotopic (exact) mass is 222 g/mol. The van der Waals surface area contributed by atoms with Gasteiger partial charge in [-0.1, -0.05) is 5.21 Å². The number of nitriles is 1. The molecule has 6 nitrogen and oxygen atoms in total. The molecule has 0 amide bonds. The van der Waals surface area contributed by atoms with Crippen molar-refractivity contribution < 1.29 is 9.84 Å². The molecule has 86 valence electrons. The SMILES string of the molecule is N#Cc1nnn(CCCO)c1C1CCCO1. The van der Waals surface area contributed by atoms with Crippen molar-refractivity contribution in [3.63, 3.8) is 0 Å². The van der Waals surface area contributed by atoms with E-state index in [-0.39, 0.29) is 12.7 Å². The maximum atomic E-state index is 8.95. The molecule has 1 aromatic rings. The Kier molecular flexibility index (Phi) is 3.49. The summed E-state index contributed by atoms with van der Waals surface area (Å²) in [6.45, 7) is 1.40. The van der Waals surface area contributed by atoms with Gasteiger partial charge in [0.25, 0.3) is 0 Å². The van der Waals surface area contributed by atoms with E-state index in [0.29, 0.717) is 18.7 Å². The van der Waals surface area contributed by atoms with E-state index in [1.54, 1.807) is 4.68 Å². The average molecular weight is 222 g/mol. The van der Waals surface area contributed by atoms with Crippen LogP contribution >= 0.6 is 0 Å². The average Bonchev–Trinajstić information content (AvgIpc) is 2.94. The van der Waals surface area contributed by atoms with Crippen LogP contribution in [-0.2, 0) is 11.3 Å². The lowest BCUT2D eigenvalue weighted by molar-refractivity contribution is 0.103. The summed E-state index contributed by atoms with van der Waals surface area (Å²) < 4.78 is 7.22. The van der Waals surface area contributed by atoms with E-state index in [1.807, 2.05) is 6.07 Å². The summed E-state index contributed by atoms with van der Waals surface area (Å²) >= 11 is 0. The highest BCUT2D eigenvalue weighted by Gasteiger charge is 2.26. The molecule has 0 bridgehead atoms. The molecule has 1 saturated heterocycles. The molecule has 1 fully saturated rings. The van der Waals surface area contributed by atoms with Crippen molar-refractivity contribution in [3.8, 4) is 6.07 Å². The molecule has 1 unspecified atom stereocenters. The van der Waals surface area contributed by atoms with Gasteiger partial charge < -0.3 is 9.84 Å². The van der Waals surface area contributed by atoms with Gasteiger partial charge in [-0.25, -0.2) is 4.68 Å². The van der Waals surface area contributed by atoms with Gasteiger partial charge in [0.05, 0.1) is 0 Å². The van der Waals surface area contributed by atoms with Crippen LogP contribution in [-0.4, -0.2) is 33.3 Å². The summed E-state index contributed by atoms with van der Waals surface area (Å²) in [7, 11) is 0. The minimum absolute atomic E-state index is 0.0663. The molecule has 2 heterocycles. The molecule has 0 spiro atoms. The quantitative estimate of drug-likeness (QED) is 0.796. The van der Waals surface area contributed by atoms with Gasteiger partial charge in [0, 0.05) is 19.8 Å². The summed E-state index contributed by atoms with van der Waals surface area (Å²) in [6.07, 6.45) is 2.44. The second-order valence-corrected chi connectivity index (χ2v) is 3.74. The topological polar surface area (TPSA) is 84.0 Å². The minimum atomic E-state index is -0.0663. The number of aryl methyl sites for hydroxylation is 1. The zero-order valence-electron chi connectivity index (χ0n) is 8.96. The third kappa shape index (κ3) is 2.05. The molecule has 0 aliphatic carbocycles. The van der Waals surface area contributed by atoms with Crippen LogP contribution < -0.4 is 0 Å². The summed E-state index contributed by atoms with van der Waals surface area (Å²) in [5.41, 5.74) is 1.10. The molecule has 16 heavy (non-hydrogen) atoms. The molecule has 6 heteroatoms. The number of hydrogen-bond acceptors (Lipinski definition) is 5. The van der Waals surface area contributed by atoms with E-state index < -0.39 is 0 Å². The van der Waals surface area contributed by atoms with Crippen molar-refractivity contribution in [3.05, 3.63) is 11.4 Å². The number of aliphatic hydroxyl groups excluding tert-OH is 1. The highest BCUT2D eigenvalue weighted by molar-refractivity contribution is 5.27. The molecule has 2 rings (SSSR count). The Labute approximate surface area is 93.4 Å². The summed E-state index contributed by atoms with van der Waals surface area (Å²) in [6, 6.07) is 2.03. The van der Waals surface area contributed by atoms with Crippen LogP contribution in [0.2, 0.25) is 0 Å². The van der Waals surface area contributed by atoms with Gasteiger partial charge >= 0.3 is 0 Å². The van der Waals surface area contributed by atoms with Crippen molar-refractivity contribution in [2.75, 3.05) is 13.2 Å². The molecule has 1 aliphatic rings. The van der Waals surface area contributed by atoms with Gasteiger partial charge in [-0.3, -0.25) is 0 Å². The van der Waals surface area contributed by atoms with Crippen LogP contribution in [0.5, 0.6) is 0 Å². The van der Waals surface area contributed by atoms with Crippen LogP contribution in [0, 0.1) is 11.3 Å². The molecule has 0 radical (unpaired) electrons. The van der Waals surface area contributed by atoms with Crippen LogP contribution in [0.3, 0.4) is 0 Å². The van der Waals surface area contributed by atoms with Gasteiger partial charge in [0.1, 0.15) is 17.9 Å². The van der Waals surface area contributed by atoms with E-state index in [1.165, 1.54) is 0 Å². The molecule has 1 atom stereocenters. The Morgan fingerprint density at radius 2 is 2.50 bits per heavy atom. The predicted molar refractivity (Wildman–Crippen MR) is 54.4 cm³/mol. The van der Waals surface area contributed by atoms with Crippen LogP contribution in [0.25, 0.3) is 0 Å². The highest BCUT2D eigenvalue weighted by Crippen LogP contribution is 2.29. The molecule has 0 saturated carbocycles. The molecular formula is C10H14N4O2. The van der Waals surface area contributed by atoms with E-state index >= 15 is 0 Å². The number of nitrogens with zero attached hydrogens (tertiary/aromatic N) is 4. The van der Waals surface area contributed by atoms with Crippen LogP contribution in [0.15, 0.2) is 0 Å². The number of aliphatic hydroxyl groups is 1. The number of rotatable bonds is 4. The Hall–Kier alpha value is -1.45. The Balaban J connectivity index is 2.24. The van der Waals surface area contributed by atoms with Gasteiger partial charge in [0.15, 0.2) is 5.69 Å². The second-order valence-electron chi connectivity index (χ2n) is 3.74. The van der Waals surface area contributed by atoms with Crippen molar-refractivity contribution in [2.24, 2.45) is 0 Å². The van der Waals surface area contributed by atoms with Crippen molar-refractivity contribution in [2.45, 2.75) is 31.9 Å². The smallest absolute Gasteiger partial charge is 0.188 e. The summed E-state index contributed by atoms with van der Waals surface area (Å²) in [5, 5.41) is 25.5. The lowest BCUT2D eigenvalue weighted by Gasteiger charge is -2.11. The zero-order valence-corrected chi connectivity index (χ0v) is 8.96. The van der Waals surface area contributed by atoms with E-state index in [2.05, 4.69) is 10.3 Å². The van der Waals surface area contributed by atoms with Crippen molar-refractivity contribution in [1.82, 2.24) is 15.0 Å². The fraction of sp³-hybridized carbons (Fsp3) is 0.700. The third-order valence-electron chi connectivity index (χ3n) is 2.64. The number of hydrogen-bond donors (Lipinski definition) is 1. The first-order valence-electron chi connectivity index (χ1n) is 5.42. The number of aromatic nitrogens is 3. The van der Waals surface area contributed by atoms with Gasteiger partial charge in [-0.2, -0.15) is 5.26 Å². The molecule has 0 aromatic carbocycles. The summed E-state index contributed by atoms with van der Waals surface area (Å²) in [5.74, 6) is 0. The Morgan fingerprint density at radius 3 is 3.12 bits per heavy atom. The maximum Gasteiger partial charge on any atom is 0.188 e. The lowest BCUT2D eigenvalue weighted by Crippen LogP contribution is -2.11. The molecule has 1 aliphatic heterocycles. The van der Waals surface area contributed by atoms with Crippen molar-refractivity contribution >= 4 is 0 Å². The molecule has 1 aromatic heterocycles. The first-order chi connectivity index (χ1) is 7.86. The normalized spacial score (nSPS) is 19.9. The maximum absolute atomic E-state index is 8.95. The van der Waals surface area contributed by atoms with Crippen molar-refractivity contribution in [1.29, 1.82) is 5.26 Å². The van der Waals surface area contributed by atoms with E-state index in [4.69, 9.17) is 15.1 Å². The standard InChI is InChI=1S/C10H14N4O2/c11-7-8-10(9-3-1-6-16-9)14(13-12-8)4-2-5-15/h9,15H,1-6H2. The van der Waals surface area contributed by atoms with Gasteiger partial charge in [-0.15, -0.1) is 5.10 Å². The fourth-order valence-corrected chi connectivity index (χ4v) is 1.90.